The van der Waals surface area contributed by atoms with E-state index in [9.17, 15) is 9.59 Å². The molecule has 0 aliphatic carbocycles. The fourth-order valence-corrected chi connectivity index (χ4v) is 2.84. The summed E-state index contributed by atoms with van der Waals surface area (Å²) in [6, 6.07) is 20.8. The number of hydrogen-bond acceptors (Lipinski definition) is 2. The average Bonchev–Trinajstić information content (AvgIpc) is 2.90. The number of ketones is 1. The summed E-state index contributed by atoms with van der Waals surface area (Å²) in [6.07, 6.45) is 1.42. The first kappa shape index (κ1) is 13.5. The molecular weight excluding hydrogens is 286 g/mol. The number of nitrogens with one attached hydrogen (secondary N) is 1. The molecule has 3 nitrogen and oxygen atoms in total. The van der Waals surface area contributed by atoms with Crippen molar-refractivity contribution < 1.29 is 9.59 Å². The van der Waals surface area contributed by atoms with Crippen molar-refractivity contribution in [3.05, 3.63) is 83.9 Å². The number of carbonyl (C=O) groups is 2. The zero-order chi connectivity index (χ0) is 15.8. The second-order valence-corrected chi connectivity index (χ2v) is 5.48. The highest BCUT2D eigenvalue weighted by molar-refractivity contribution is 6.35. The Kier molecular flexibility index (Phi) is 3.05. The summed E-state index contributed by atoms with van der Waals surface area (Å²) < 4.78 is 0. The highest BCUT2D eigenvalue weighted by Gasteiger charge is 2.24. The molecule has 0 fully saturated rings. The second-order valence-electron chi connectivity index (χ2n) is 5.48. The maximum Gasteiger partial charge on any atom is 0.256 e. The smallest absolute Gasteiger partial charge is 0.256 e. The molecule has 1 heterocycles. The van der Waals surface area contributed by atoms with Crippen molar-refractivity contribution in [1.82, 2.24) is 0 Å². The number of carbonyl (C=O) groups excluding carboxylic acids is 2. The van der Waals surface area contributed by atoms with E-state index in [2.05, 4.69) is 5.32 Å². The van der Waals surface area contributed by atoms with Gasteiger partial charge in [-0.15, -0.1) is 0 Å². The predicted octanol–water partition coefficient (Wildman–Crippen LogP) is 4.06. The molecule has 0 aromatic heterocycles. The molecule has 3 aromatic rings. The zero-order valence-corrected chi connectivity index (χ0v) is 12.2. The van der Waals surface area contributed by atoms with Crippen molar-refractivity contribution in [2.75, 3.05) is 5.32 Å². The molecule has 3 heteroatoms. The van der Waals surface area contributed by atoms with Gasteiger partial charge in [0.05, 0.1) is 5.57 Å². The van der Waals surface area contributed by atoms with Crippen LogP contribution in [-0.4, -0.2) is 11.7 Å². The SMILES string of the molecule is O=C1Nc2ccccc2/C1=C\C(=O)c1ccc2ccccc2c1. The standard InChI is InChI=1S/C20H13NO2/c22-19(15-10-9-13-5-1-2-6-14(13)11-15)12-17-16-7-3-4-8-18(16)21-20(17)23/h1-12H,(H,21,23)/b17-12+. The Morgan fingerprint density at radius 1 is 0.870 bits per heavy atom. The third-order valence-corrected chi connectivity index (χ3v) is 4.02. The van der Waals surface area contributed by atoms with Gasteiger partial charge in [-0.2, -0.15) is 0 Å². The summed E-state index contributed by atoms with van der Waals surface area (Å²) in [5.41, 5.74) is 2.51. The van der Waals surface area contributed by atoms with E-state index in [1.165, 1.54) is 6.08 Å². The zero-order valence-electron chi connectivity index (χ0n) is 12.2. The monoisotopic (exact) mass is 299 g/mol. The summed E-state index contributed by atoms with van der Waals surface area (Å²) in [7, 11) is 0. The van der Waals surface area contributed by atoms with Crippen molar-refractivity contribution in [2.45, 2.75) is 0 Å². The molecule has 0 spiro atoms. The van der Waals surface area contributed by atoms with Gasteiger partial charge in [0, 0.05) is 16.8 Å². The van der Waals surface area contributed by atoms with Crippen LogP contribution in [0.5, 0.6) is 0 Å². The highest BCUT2D eigenvalue weighted by Crippen LogP contribution is 2.31. The summed E-state index contributed by atoms with van der Waals surface area (Å²) >= 11 is 0. The third-order valence-electron chi connectivity index (χ3n) is 4.02. The van der Waals surface area contributed by atoms with Crippen molar-refractivity contribution >= 4 is 33.7 Å². The lowest BCUT2D eigenvalue weighted by Gasteiger charge is -2.01. The first-order valence-electron chi connectivity index (χ1n) is 7.38. The van der Waals surface area contributed by atoms with Crippen molar-refractivity contribution in [2.24, 2.45) is 0 Å². The second kappa shape index (κ2) is 5.21. The van der Waals surface area contributed by atoms with Crippen LogP contribution >= 0.6 is 0 Å². The fraction of sp³-hybridized carbons (Fsp3) is 0. The first-order valence-corrected chi connectivity index (χ1v) is 7.38. The molecule has 0 bridgehead atoms. The topological polar surface area (TPSA) is 46.2 Å². The number of amides is 1. The highest BCUT2D eigenvalue weighted by atomic mass is 16.2. The number of anilines is 1. The van der Waals surface area contributed by atoms with Gasteiger partial charge in [-0.3, -0.25) is 9.59 Å². The number of para-hydroxylation sites is 1. The van der Waals surface area contributed by atoms with Crippen molar-refractivity contribution in [3.8, 4) is 0 Å². The van der Waals surface area contributed by atoms with Crippen LogP contribution in [0.3, 0.4) is 0 Å². The Morgan fingerprint density at radius 2 is 1.61 bits per heavy atom. The van der Waals surface area contributed by atoms with E-state index in [0.717, 1.165) is 22.0 Å². The van der Waals surface area contributed by atoms with Crippen LogP contribution in [-0.2, 0) is 4.79 Å². The van der Waals surface area contributed by atoms with Crippen LogP contribution in [0.15, 0.2) is 72.8 Å². The Balaban J connectivity index is 1.75. The van der Waals surface area contributed by atoms with Crippen LogP contribution in [0, 0.1) is 0 Å². The Bertz CT molecular complexity index is 986. The van der Waals surface area contributed by atoms with Gasteiger partial charge < -0.3 is 5.32 Å². The molecule has 0 saturated heterocycles. The molecular formula is C20H13NO2. The van der Waals surface area contributed by atoms with E-state index in [1.807, 2.05) is 60.7 Å². The predicted molar refractivity (Wildman–Crippen MR) is 91.3 cm³/mol. The van der Waals surface area contributed by atoms with Gasteiger partial charge in [-0.05, 0) is 29.0 Å². The summed E-state index contributed by atoms with van der Waals surface area (Å²) in [5.74, 6) is -0.405. The minimum atomic E-state index is -0.236. The lowest BCUT2D eigenvalue weighted by atomic mass is 10.0. The Labute approximate surface area is 133 Å². The molecule has 0 unspecified atom stereocenters. The van der Waals surface area contributed by atoms with E-state index in [0.29, 0.717) is 11.1 Å². The number of rotatable bonds is 2. The largest absolute Gasteiger partial charge is 0.321 e. The molecule has 4 rings (SSSR count). The van der Waals surface area contributed by atoms with Gasteiger partial charge in [0.15, 0.2) is 5.78 Å². The van der Waals surface area contributed by atoms with Gasteiger partial charge in [0.1, 0.15) is 0 Å². The number of allylic oxidation sites excluding steroid dienone is 1. The average molecular weight is 299 g/mol. The van der Waals surface area contributed by atoms with Crippen LogP contribution in [0.2, 0.25) is 0 Å². The maximum absolute atomic E-state index is 12.5. The van der Waals surface area contributed by atoms with Gasteiger partial charge in [0.25, 0.3) is 5.91 Å². The van der Waals surface area contributed by atoms with Crippen LogP contribution in [0.25, 0.3) is 16.3 Å². The molecule has 1 N–H and O–H groups in total. The van der Waals surface area contributed by atoms with Crippen LogP contribution in [0.1, 0.15) is 15.9 Å². The van der Waals surface area contributed by atoms with Crippen LogP contribution < -0.4 is 5.32 Å². The lowest BCUT2D eigenvalue weighted by Crippen LogP contribution is -2.06. The number of hydrogen-bond donors (Lipinski definition) is 1. The first-order chi connectivity index (χ1) is 11.2. The van der Waals surface area contributed by atoms with Crippen molar-refractivity contribution in [1.29, 1.82) is 0 Å². The van der Waals surface area contributed by atoms with Gasteiger partial charge >= 0.3 is 0 Å². The van der Waals surface area contributed by atoms with Crippen molar-refractivity contribution in [3.63, 3.8) is 0 Å². The Hall–Kier alpha value is -3.20. The summed E-state index contributed by atoms with van der Waals surface area (Å²) in [6.45, 7) is 0. The molecule has 3 aromatic carbocycles. The minimum absolute atomic E-state index is 0.169. The molecule has 110 valence electrons. The number of fused-ring (bicyclic) bond motifs is 2. The molecule has 23 heavy (non-hydrogen) atoms. The number of benzene rings is 3. The summed E-state index contributed by atoms with van der Waals surface area (Å²) in [4.78, 5) is 24.6. The molecule has 1 aliphatic heterocycles. The maximum atomic E-state index is 12.5. The quantitative estimate of drug-likeness (QED) is 0.573. The molecule has 0 atom stereocenters. The fourth-order valence-electron chi connectivity index (χ4n) is 2.84. The molecule has 1 aliphatic rings. The minimum Gasteiger partial charge on any atom is -0.321 e. The van der Waals surface area contributed by atoms with E-state index in [4.69, 9.17) is 0 Å². The van der Waals surface area contributed by atoms with E-state index < -0.39 is 0 Å². The molecule has 1 amide bonds. The summed E-state index contributed by atoms with van der Waals surface area (Å²) in [5, 5.41) is 4.87. The van der Waals surface area contributed by atoms with Gasteiger partial charge in [-0.1, -0.05) is 54.6 Å². The van der Waals surface area contributed by atoms with E-state index in [1.54, 1.807) is 6.07 Å². The lowest BCUT2D eigenvalue weighted by molar-refractivity contribution is -0.110. The van der Waals surface area contributed by atoms with Crippen LogP contribution in [0.4, 0.5) is 5.69 Å². The van der Waals surface area contributed by atoms with E-state index >= 15 is 0 Å². The van der Waals surface area contributed by atoms with Gasteiger partial charge in [0.2, 0.25) is 0 Å². The van der Waals surface area contributed by atoms with Gasteiger partial charge in [-0.25, -0.2) is 0 Å². The molecule has 0 radical (unpaired) electrons. The Morgan fingerprint density at radius 3 is 2.48 bits per heavy atom. The third kappa shape index (κ3) is 2.32. The van der Waals surface area contributed by atoms with E-state index in [-0.39, 0.29) is 11.7 Å². The molecule has 0 saturated carbocycles. The normalized spacial score (nSPS) is 14.8.